The first-order valence-electron chi connectivity index (χ1n) is 7.13. The molecule has 0 saturated carbocycles. The molecule has 108 valence electrons. The number of nitrogens with one attached hydrogen (secondary N) is 1. The second-order valence-electron chi connectivity index (χ2n) is 5.48. The summed E-state index contributed by atoms with van der Waals surface area (Å²) in [5.41, 5.74) is 1.03. The molecule has 1 aromatic carbocycles. The van der Waals surface area contributed by atoms with Crippen molar-refractivity contribution in [2.45, 2.75) is 39.7 Å². The Morgan fingerprint density at radius 1 is 1.21 bits per heavy atom. The summed E-state index contributed by atoms with van der Waals surface area (Å²) < 4.78 is 18.6. The normalized spacial score (nSPS) is 12.9. The lowest BCUT2D eigenvalue weighted by molar-refractivity contribution is 0.123. The highest BCUT2D eigenvalue weighted by atomic mass is 19.1. The zero-order valence-electron chi connectivity index (χ0n) is 12.3. The minimum absolute atomic E-state index is 0.165. The molecule has 1 aromatic rings. The van der Waals surface area contributed by atoms with Gasteiger partial charge in [-0.15, -0.1) is 0 Å². The zero-order valence-corrected chi connectivity index (χ0v) is 12.3. The molecule has 19 heavy (non-hydrogen) atoms. The number of halogens is 1. The third-order valence-electron chi connectivity index (χ3n) is 3.01. The highest BCUT2D eigenvalue weighted by Gasteiger charge is 2.03. The summed E-state index contributed by atoms with van der Waals surface area (Å²) in [6.07, 6.45) is 1.95. The molecule has 0 bridgehead atoms. The average Bonchev–Trinajstić information content (AvgIpc) is 2.33. The van der Waals surface area contributed by atoms with Crippen LogP contribution in [0.4, 0.5) is 4.39 Å². The molecule has 0 radical (unpaired) electrons. The Labute approximate surface area is 116 Å². The standard InChI is InChI=1S/C16H26FNO/c1-13(2)7-9-19-10-8-18-14(3)11-15-5-4-6-16(17)12-15/h4-6,12-14,18H,7-11H2,1-3H3. The number of rotatable bonds is 9. The second kappa shape index (κ2) is 9.05. The predicted octanol–water partition coefficient (Wildman–Crippen LogP) is 3.41. The molecule has 1 atom stereocenters. The van der Waals surface area contributed by atoms with Crippen LogP contribution in [0.3, 0.4) is 0 Å². The molecular formula is C16H26FNO. The molecular weight excluding hydrogens is 241 g/mol. The maximum atomic E-state index is 13.0. The fourth-order valence-corrected chi connectivity index (χ4v) is 1.89. The van der Waals surface area contributed by atoms with E-state index in [1.807, 2.05) is 6.07 Å². The van der Waals surface area contributed by atoms with E-state index in [9.17, 15) is 4.39 Å². The number of ether oxygens (including phenoxy) is 1. The van der Waals surface area contributed by atoms with Crippen LogP contribution in [0.25, 0.3) is 0 Å². The van der Waals surface area contributed by atoms with E-state index in [0.29, 0.717) is 12.0 Å². The molecule has 0 aromatic heterocycles. The summed E-state index contributed by atoms with van der Waals surface area (Å²) >= 11 is 0. The van der Waals surface area contributed by atoms with Crippen molar-refractivity contribution in [3.63, 3.8) is 0 Å². The summed E-state index contributed by atoms with van der Waals surface area (Å²) in [4.78, 5) is 0. The maximum absolute atomic E-state index is 13.0. The lowest BCUT2D eigenvalue weighted by atomic mass is 10.1. The van der Waals surface area contributed by atoms with Crippen molar-refractivity contribution in [2.75, 3.05) is 19.8 Å². The molecule has 0 aliphatic carbocycles. The van der Waals surface area contributed by atoms with Crippen molar-refractivity contribution in [1.82, 2.24) is 5.32 Å². The van der Waals surface area contributed by atoms with Crippen LogP contribution in [0.2, 0.25) is 0 Å². The van der Waals surface area contributed by atoms with Crippen LogP contribution in [0.15, 0.2) is 24.3 Å². The lowest BCUT2D eigenvalue weighted by Crippen LogP contribution is -2.31. The van der Waals surface area contributed by atoms with Crippen LogP contribution < -0.4 is 5.32 Å². The predicted molar refractivity (Wildman–Crippen MR) is 77.8 cm³/mol. The fourth-order valence-electron chi connectivity index (χ4n) is 1.89. The smallest absolute Gasteiger partial charge is 0.123 e. The molecule has 1 unspecified atom stereocenters. The van der Waals surface area contributed by atoms with Crippen LogP contribution in [0, 0.1) is 11.7 Å². The van der Waals surface area contributed by atoms with Crippen molar-refractivity contribution >= 4 is 0 Å². The third kappa shape index (κ3) is 7.96. The van der Waals surface area contributed by atoms with Gasteiger partial charge in [-0.2, -0.15) is 0 Å². The second-order valence-corrected chi connectivity index (χ2v) is 5.48. The summed E-state index contributed by atoms with van der Waals surface area (Å²) in [5.74, 6) is 0.529. The molecule has 0 spiro atoms. The average molecular weight is 267 g/mol. The molecule has 3 heteroatoms. The molecule has 1 N–H and O–H groups in total. The Morgan fingerprint density at radius 2 is 2.00 bits per heavy atom. The topological polar surface area (TPSA) is 21.3 Å². The molecule has 0 heterocycles. The van der Waals surface area contributed by atoms with Gasteiger partial charge in [0.15, 0.2) is 0 Å². The number of hydrogen-bond donors (Lipinski definition) is 1. The van der Waals surface area contributed by atoms with Gasteiger partial charge in [-0.1, -0.05) is 26.0 Å². The minimum atomic E-state index is -0.165. The van der Waals surface area contributed by atoms with E-state index in [4.69, 9.17) is 4.74 Å². The summed E-state index contributed by atoms with van der Waals surface area (Å²) in [6.45, 7) is 8.91. The van der Waals surface area contributed by atoms with Gasteiger partial charge in [0.25, 0.3) is 0 Å². The van der Waals surface area contributed by atoms with Gasteiger partial charge >= 0.3 is 0 Å². The van der Waals surface area contributed by atoms with Gasteiger partial charge in [-0.3, -0.25) is 0 Å². The number of benzene rings is 1. The van der Waals surface area contributed by atoms with Gasteiger partial charge in [0.05, 0.1) is 6.61 Å². The van der Waals surface area contributed by atoms with E-state index < -0.39 is 0 Å². The largest absolute Gasteiger partial charge is 0.380 e. The molecule has 1 rings (SSSR count). The van der Waals surface area contributed by atoms with E-state index in [-0.39, 0.29) is 5.82 Å². The van der Waals surface area contributed by atoms with Crippen molar-refractivity contribution < 1.29 is 9.13 Å². The van der Waals surface area contributed by atoms with E-state index in [1.165, 1.54) is 6.07 Å². The first kappa shape index (κ1) is 16.1. The summed E-state index contributed by atoms with van der Waals surface area (Å²) in [6, 6.07) is 7.12. The Hall–Kier alpha value is -0.930. The van der Waals surface area contributed by atoms with Gasteiger partial charge in [0, 0.05) is 19.2 Å². The van der Waals surface area contributed by atoms with Crippen molar-refractivity contribution in [1.29, 1.82) is 0 Å². The van der Waals surface area contributed by atoms with Gasteiger partial charge in [-0.25, -0.2) is 4.39 Å². The summed E-state index contributed by atoms with van der Waals surface area (Å²) in [7, 11) is 0. The van der Waals surface area contributed by atoms with Crippen LogP contribution >= 0.6 is 0 Å². The molecule has 0 amide bonds. The first-order chi connectivity index (χ1) is 9.08. The monoisotopic (exact) mass is 267 g/mol. The third-order valence-corrected chi connectivity index (χ3v) is 3.01. The van der Waals surface area contributed by atoms with Crippen LogP contribution in [-0.4, -0.2) is 25.8 Å². The Balaban J connectivity index is 2.09. The highest BCUT2D eigenvalue weighted by molar-refractivity contribution is 5.17. The van der Waals surface area contributed by atoms with Crippen LogP contribution in [-0.2, 0) is 11.2 Å². The minimum Gasteiger partial charge on any atom is -0.380 e. The Kier molecular flexibility index (Phi) is 7.68. The van der Waals surface area contributed by atoms with Gasteiger partial charge < -0.3 is 10.1 Å². The van der Waals surface area contributed by atoms with E-state index >= 15 is 0 Å². The van der Waals surface area contributed by atoms with Crippen LogP contribution in [0.5, 0.6) is 0 Å². The zero-order chi connectivity index (χ0) is 14.1. The molecule has 0 saturated heterocycles. The fraction of sp³-hybridized carbons (Fsp3) is 0.625. The first-order valence-corrected chi connectivity index (χ1v) is 7.13. The number of hydrogen-bond acceptors (Lipinski definition) is 2. The molecule has 0 fully saturated rings. The summed E-state index contributed by atoms with van der Waals surface area (Å²) in [5, 5.41) is 3.39. The van der Waals surface area contributed by atoms with Gasteiger partial charge in [0.1, 0.15) is 5.82 Å². The van der Waals surface area contributed by atoms with E-state index in [0.717, 1.165) is 38.2 Å². The van der Waals surface area contributed by atoms with E-state index in [2.05, 4.69) is 26.1 Å². The van der Waals surface area contributed by atoms with E-state index in [1.54, 1.807) is 12.1 Å². The van der Waals surface area contributed by atoms with Gasteiger partial charge in [-0.05, 0) is 43.4 Å². The highest BCUT2D eigenvalue weighted by Crippen LogP contribution is 2.06. The quantitative estimate of drug-likeness (QED) is 0.692. The Morgan fingerprint density at radius 3 is 2.68 bits per heavy atom. The van der Waals surface area contributed by atoms with Crippen molar-refractivity contribution in [2.24, 2.45) is 5.92 Å². The molecule has 2 nitrogen and oxygen atoms in total. The SMILES string of the molecule is CC(C)CCOCCNC(C)Cc1cccc(F)c1. The van der Waals surface area contributed by atoms with Gasteiger partial charge in [0.2, 0.25) is 0 Å². The van der Waals surface area contributed by atoms with Crippen molar-refractivity contribution in [3.05, 3.63) is 35.6 Å². The molecule has 0 aliphatic heterocycles. The van der Waals surface area contributed by atoms with Crippen LogP contribution in [0.1, 0.15) is 32.8 Å². The molecule has 0 aliphatic rings. The maximum Gasteiger partial charge on any atom is 0.123 e. The Bertz CT molecular complexity index is 354. The van der Waals surface area contributed by atoms with Crippen molar-refractivity contribution in [3.8, 4) is 0 Å². The lowest BCUT2D eigenvalue weighted by Gasteiger charge is -2.14.